The van der Waals surface area contributed by atoms with Crippen molar-refractivity contribution >= 4 is 10.8 Å². The van der Waals surface area contributed by atoms with Crippen molar-refractivity contribution in [3.05, 3.63) is 42.7 Å². The van der Waals surface area contributed by atoms with Gasteiger partial charge in [0.05, 0.1) is 26.7 Å². The molecule has 22 heavy (non-hydrogen) atoms. The number of fused-ring (bicyclic) bond motifs is 1. The largest absolute Gasteiger partial charge is 1.00 e. The van der Waals surface area contributed by atoms with Crippen LogP contribution in [0.25, 0.3) is 10.8 Å². The number of likely N-dealkylation sites (tertiary alicyclic amines) is 1. The van der Waals surface area contributed by atoms with Crippen molar-refractivity contribution in [2.45, 2.75) is 32.2 Å². The molecule has 2 nitrogen and oxygen atoms in total. The molecule has 1 aliphatic rings. The molecule has 0 N–H and O–H groups in total. The topological polar surface area (TPSA) is 3.88 Å². The van der Waals surface area contributed by atoms with Gasteiger partial charge in [0, 0.05) is 37.1 Å². The fourth-order valence-corrected chi connectivity index (χ4v) is 3.43. The molecule has 122 valence electrons. The van der Waals surface area contributed by atoms with E-state index in [1.54, 1.807) is 0 Å². The molecule has 0 unspecified atom stereocenters. The molecule has 0 bridgehead atoms. The predicted molar refractivity (Wildman–Crippen MR) is 83.4 cm³/mol. The molecule has 2 aromatic rings. The van der Waals surface area contributed by atoms with Gasteiger partial charge in [-0.1, -0.05) is 18.2 Å². The minimum atomic E-state index is 0. The van der Waals surface area contributed by atoms with E-state index >= 15 is 0 Å². The van der Waals surface area contributed by atoms with E-state index in [2.05, 4.69) is 54.3 Å². The number of hydrogen-bond donors (Lipinski definition) is 0. The number of aryl methyl sites for hydroxylation is 1. The van der Waals surface area contributed by atoms with Gasteiger partial charge in [-0.3, -0.25) is 0 Å². The number of halogens is 2. The lowest BCUT2D eigenvalue weighted by atomic mass is 10.2. The first-order valence-electron chi connectivity index (χ1n) is 7.97. The Morgan fingerprint density at radius 2 is 1.64 bits per heavy atom. The molecule has 1 aromatic carbocycles. The summed E-state index contributed by atoms with van der Waals surface area (Å²) in [6.07, 6.45) is 9.98. The van der Waals surface area contributed by atoms with Crippen molar-refractivity contribution < 1.29 is 43.0 Å². The maximum absolute atomic E-state index is 2.43. The Hall–Kier alpha value is -0.450. The highest BCUT2D eigenvalue weighted by atomic mass is 79.9. The lowest BCUT2D eigenvalue weighted by molar-refractivity contribution is -0.898. The highest BCUT2D eigenvalue weighted by Crippen LogP contribution is 2.17. The standard InChI is InChI=1S/C18H26N2.2BrH/c1-20(14-6-7-15-20)13-5-4-11-19-12-10-17-8-2-3-9-18(17)16-19;;/h2-3,8-10,12,16H,4-7,11,13-15H2,1H3;2*1H/q+2;;/p-2. The lowest BCUT2D eigenvalue weighted by Gasteiger charge is -2.28. The quantitative estimate of drug-likeness (QED) is 0.274. The smallest absolute Gasteiger partial charge is 0.176 e. The fourth-order valence-electron chi connectivity index (χ4n) is 3.43. The fraction of sp³-hybridized carbons (Fsp3) is 0.500. The molecule has 4 heteroatoms. The molecular formula is C18H26Br2N2. The van der Waals surface area contributed by atoms with Crippen LogP contribution < -0.4 is 38.5 Å². The second-order valence-electron chi connectivity index (χ2n) is 6.52. The Bertz CT molecular complexity index is 580. The Morgan fingerprint density at radius 1 is 0.955 bits per heavy atom. The highest BCUT2D eigenvalue weighted by molar-refractivity contribution is 5.80. The molecule has 0 spiro atoms. The van der Waals surface area contributed by atoms with Crippen molar-refractivity contribution in [3.63, 3.8) is 0 Å². The molecule has 0 aliphatic carbocycles. The number of unbranched alkanes of at least 4 members (excludes halogenated alkanes) is 1. The first-order valence-corrected chi connectivity index (χ1v) is 7.97. The van der Waals surface area contributed by atoms with Crippen molar-refractivity contribution in [1.29, 1.82) is 0 Å². The van der Waals surface area contributed by atoms with Gasteiger partial charge in [-0.2, -0.15) is 0 Å². The van der Waals surface area contributed by atoms with Gasteiger partial charge in [0.25, 0.3) is 0 Å². The summed E-state index contributed by atoms with van der Waals surface area (Å²) in [7, 11) is 2.43. The van der Waals surface area contributed by atoms with Crippen molar-refractivity contribution in [1.82, 2.24) is 0 Å². The zero-order chi connectivity index (χ0) is 13.8. The number of aromatic nitrogens is 1. The number of rotatable bonds is 5. The third-order valence-electron chi connectivity index (χ3n) is 4.76. The van der Waals surface area contributed by atoms with E-state index in [9.17, 15) is 0 Å². The molecule has 1 aliphatic heterocycles. The van der Waals surface area contributed by atoms with Crippen molar-refractivity contribution in [3.8, 4) is 0 Å². The van der Waals surface area contributed by atoms with E-state index in [-0.39, 0.29) is 34.0 Å². The molecule has 3 rings (SSSR count). The summed E-state index contributed by atoms with van der Waals surface area (Å²) < 4.78 is 3.65. The van der Waals surface area contributed by atoms with Gasteiger partial charge in [0.15, 0.2) is 12.4 Å². The molecule has 2 heterocycles. The van der Waals surface area contributed by atoms with E-state index in [0.29, 0.717) is 0 Å². The number of hydrogen-bond acceptors (Lipinski definition) is 0. The van der Waals surface area contributed by atoms with E-state index in [4.69, 9.17) is 0 Å². The maximum atomic E-state index is 2.43. The Kier molecular flexibility index (Phi) is 8.01. The second-order valence-corrected chi connectivity index (χ2v) is 6.52. The first-order chi connectivity index (χ1) is 9.75. The summed E-state index contributed by atoms with van der Waals surface area (Å²) in [5.41, 5.74) is 0. The van der Waals surface area contributed by atoms with E-state index < -0.39 is 0 Å². The molecule has 1 aromatic heterocycles. The zero-order valence-electron chi connectivity index (χ0n) is 13.3. The zero-order valence-corrected chi connectivity index (χ0v) is 16.5. The monoisotopic (exact) mass is 428 g/mol. The van der Waals surface area contributed by atoms with Crippen LogP contribution in [0.3, 0.4) is 0 Å². The molecular weight excluding hydrogens is 404 g/mol. The third kappa shape index (κ3) is 5.04. The van der Waals surface area contributed by atoms with Gasteiger partial charge in [-0.15, -0.1) is 0 Å². The summed E-state index contributed by atoms with van der Waals surface area (Å²) in [6.45, 7) is 5.28. The van der Waals surface area contributed by atoms with Crippen LogP contribution in [0.4, 0.5) is 0 Å². The van der Waals surface area contributed by atoms with Crippen LogP contribution >= 0.6 is 0 Å². The van der Waals surface area contributed by atoms with Gasteiger partial charge < -0.3 is 38.4 Å². The average Bonchev–Trinajstić information content (AvgIpc) is 2.91. The second kappa shape index (κ2) is 8.99. The molecule has 0 atom stereocenters. The number of benzene rings is 1. The summed E-state index contributed by atoms with van der Waals surface area (Å²) in [4.78, 5) is 0. The third-order valence-corrected chi connectivity index (χ3v) is 4.76. The van der Waals surface area contributed by atoms with Gasteiger partial charge in [-0.25, -0.2) is 4.57 Å². The number of nitrogens with zero attached hydrogens (tertiary/aromatic N) is 2. The van der Waals surface area contributed by atoms with Gasteiger partial charge >= 0.3 is 0 Å². The van der Waals surface area contributed by atoms with Gasteiger partial charge in [-0.05, 0) is 11.5 Å². The van der Waals surface area contributed by atoms with Crippen LogP contribution in [-0.2, 0) is 6.54 Å². The number of quaternary nitrogens is 1. The summed E-state index contributed by atoms with van der Waals surface area (Å²) >= 11 is 0. The molecule has 0 amide bonds. The van der Waals surface area contributed by atoms with Gasteiger partial charge in [0.1, 0.15) is 6.54 Å². The van der Waals surface area contributed by atoms with E-state index in [1.165, 1.54) is 60.6 Å². The minimum Gasteiger partial charge on any atom is -1.00 e. The van der Waals surface area contributed by atoms with Crippen LogP contribution in [0.2, 0.25) is 0 Å². The van der Waals surface area contributed by atoms with Crippen LogP contribution in [0.1, 0.15) is 25.7 Å². The summed E-state index contributed by atoms with van der Waals surface area (Å²) in [5, 5.41) is 2.67. The highest BCUT2D eigenvalue weighted by Gasteiger charge is 2.25. The van der Waals surface area contributed by atoms with E-state index in [0.717, 1.165) is 6.54 Å². The van der Waals surface area contributed by atoms with Gasteiger partial charge in [0.2, 0.25) is 0 Å². The molecule has 1 saturated heterocycles. The van der Waals surface area contributed by atoms with Crippen molar-refractivity contribution in [2.75, 3.05) is 26.7 Å². The summed E-state index contributed by atoms with van der Waals surface area (Å²) in [5.74, 6) is 0. The predicted octanol–water partition coefficient (Wildman–Crippen LogP) is -2.84. The minimum absolute atomic E-state index is 0. The Morgan fingerprint density at radius 3 is 2.36 bits per heavy atom. The van der Waals surface area contributed by atoms with Crippen LogP contribution in [0.5, 0.6) is 0 Å². The van der Waals surface area contributed by atoms with Crippen molar-refractivity contribution in [2.24, 2.45) is 0 Å². The summed E-state index contributed by atoms with van der Waals surface area (Å²) in [6, 6.07) is 10.8. The van der Waals surface area contributed by atoms with Crippen LogP contribution in [0.15, 0.2) is 42.7 Å². The lowest BCUT2D eigenvalue weighted by Crippen LogP contribution is -3.00. The molecule has 0 saturated carbocycles. The number of pyridine rings is 1. The molecule has 1 fully saturated rings. The maximum Gasteiger partial charge on any atom is 0.176 e. The first kappa shape index (κ1) is 19.6. The van der Waals surface area contributed by atoms with E-state index in [1.807, 2.05) is 0 Å². The molecule has 0 radical (unpaired) electrons. The van der Waals surface area contributed by atoms with Crippen LogP contribution in [0, 0.1) is 0 Å². The normalized spacial score (nSPS) is 16.0. The Labute approximate surface area is 155 Å². The SMILES string of the molecule is C[N+]1(CCCC[n+]2ccc3ccccc3c2)CCCC1.[Br-].[Br-]. The van der Waals surface area contributed by atoms with Crippen LogP contribution in [-0.4, -0.2) is 31.2 Å². The Balaban J connectivity index is 0.00000121. The average molecular weight is 430 g/mol.